The lowest BCUT2D eigenvalue weighted by atomic mass is 10.2. The summed E-state index contributed by atoms with van der Waals surface area (Å²) in [6.45, 7) is 4.86. The third-order valence-corrected chi connectivity index (χ3v) is 2.13. The van der Waals surface area contributed by atoms with E-state index in [9.17, 15) is 9.59 Å². The summed E-state index contributed by atoms with van der Waals surface area (Å²) in [5.41, 5.74) is -0.273. The molecule has 2 N–H and O–H groups in total. The van der Waals surface area contributed by atoms with Gasteiger partial charge < -0.3 is 10.0 Å². The van der Waals surface area contributed by atoms with Gasteiger partial charge in [0.05, 0.1) is 5.56 Å². The van der Waals surface area contributed by atoms with Crippen molar-refractivity contribution in [2.45, 2.75) is 13.8 Å². The Morgan fingerprint density at radius 1 is 1.40 bits per heavy atom. The summed E-state index contributed by atoms with van der Waals surface area (Å²) >= 11 is 0. The maximum Gasteiger partial charge on any atom is 0.254 e. The van der Waals surface area contributed by atoms with Gasteiger partial charge in [0.25, 0.3) is 11.5 Å². The highest BCUT2D eigenvalue weighted by atomic mass is 16.3. The number of aromatic nitrogens is 1. The van der Waals surface area contributed by atoms with Crippen molar-refractivity contribution in [3.63, 3.8) is 0 Å². The first kappa shape index (κ1) is 11.3. The first-order valence-electron chi connectivity index (χ1n) is 4.81. The minimum absolute atomic E-state index is 0.208. The van der Waals surface area contributed by atoms with E-state index in [1.165, 1.54) is 12.1 Å². The molecule has 0 aromatic carbocycles. The Kier molecular flexibility index (Phi) is 3.49. The average molecular weight is 210 g/mol. The second-order valence-corrected chi connectivity index (χ2v) is 3.10. The second kappa shape index (κ2) is 4.63. The van der Waals surface area contributed by atoms with Gasteiger partial charge in [-0.2, -0.15) is 0 Å². The molecule has 0 aliphatic rings. The number of aromatic amines is 1. The molecule has 15 heavy (non-hydrogen) atoms. The Morgan fingerprint density at radius 2 is 2.00 bits per heavy atom. The molecule has 0 bridgehead atoms. The standard InChI is InChI=1S/C10H14N2O3/c1-3-12(4-2)10(15)7-5-8(13)11-9(14)6-7/h5-6H,3-4H2,1-2H3,(H2,11,13,14). The van der Waals surface area contributed by atoms with Crippen LogP contribution in [0.3, 0.4) is 0 Å². The molecule has 0 fully saturated rings. The molecule has 0 unspecified atom stereocenters. The first-order chi connectivity index (χ1) is 7.08. The summed E-state index contributed by atoms with van der Waals surface area (Å²) in [6.07, 6.45) is 0. The maximum absolute atomic E-state index is 11.8. The van der Waals surface area contributed by atoms with Crippen molar-refractivity contribution in [2.24, 2.45) is 0 Å². The monoisotopic (exact) mass is 210 g/mol. The van der Waals surface area contributed by atoms with E-state index in [4.69, 9.17) is 5.11 Å². The molecule has 82 valence electrons. The topological polar surface area (TPSA) is 73.4 Å². The quantitative estimate of drug-likeness (QED) is 0.765. The van der Waals surface area contributed by atoms with E-state index in [0.717, 1.165) is 0 Å². The van der Waals surface area contributed by atoms with Crippen molar-refractivity contribution in [1.29, 1.82) is 0 Å². The molecule has 0 radical (unpaired) electrons. The van der Waals surface area contributed by atoms with E-state index in [2.05, 4.69) is 4.98 Å². The lowest BCUT2D eigenvalue weighted by molar-refractivity contribution is 0.0772. The molecule has 0 spiro atoms. The summed E-state index contributed by atoms with van der Waals surface area (Å²) in [4.78, 5) is 26.5. The molecule has 1 aromatic rings. The Balaban J connectivity index is 3.05. The van der Waals surface area contributed by atoms with Crippen LogP contribution < -0.4 is 5.56 Å². The fourth-order valence-corrected chi connectivity index (χ4v) is 1.35. The number of nitrogens with zero attached hydrogens (tertiary/aromatic N) is 1. The van der Waals surface area contributed by atoms with Gasteiger partial charge in [-0.25, -0.2) is 0 Å². The molecular weight excluding hydrogens is 196 g/mol. The zero-order chi connectivity index (χ0) is 11.4. The predicted molar refractivity (Wildman–Crippen MR) is 56.0 cm³/mol. The molecule has 0 aliphatic carbocycles. The van der Waals surface area contributed by atoms with E-state index >= 15 is 0 Å². The fourth-order valence-electron chi connectivity index (χ4n) is 1.35. The largest absolute Gasteiger partial charge is 0.494 e. The number of carbonyl (C=O) groups is 1. The van der Waals surface area contributed by atoms with Crippen molar-refractivity contribution < 1.29 is 9.90 Å². The Morgan fingerprint density at radius 3 is 2.47 bits per heavy atom. The van der Waals surface area contributed by atoms with Gasteiger partial charge in [0, 0.05) is 25.2 Å². The van der Waals surface area contributed by atoms with Crippen LogP contribution in [0.25, 0.3) is 0 Å². The summed E-state index contributed by atoms with van der Waals surface area (Å²) in [6, 6.07) is 2.43. The van der Waals surface area contributed by atoms with Gasteiger partial charge in [-0.1, -0.05) is 0 Å². The molecule has 1 rings (SSSR count). The highest BCUT2D eigenvalue weighted by Gasteiger charge is 2.13. The van der Waals surface area contributed by atoms with Gasteiger partial charge >= 0.3 is 0 Å². The van der Waals surface area contributed by atoms with E-state index < -0.39 is 5.56 Å². The smallest absolute Gasteiger partial charge is 0.254 e. The third-order valence-electron chi connectivity index (χ3n) is 2.13. The van der Waals surface area contributed by atoms with Crippen molar-refractivity contribution in [3.8, 4) is 5.88 Å². The molecule has 5 nitrogen and oxygen atoms in total. The van der Waals surface area contributed by atoms with Crippen LogP contribution in [0.4, 0.5) is 0 Å². The van der Waals surface area contributed by atoms with Gasteiger partial charge in [-0.3, -0.25) is 14.6 Å². The van der Waals surface area contributed by atoms with Gasteiger partial charge in [0.15, 0.2) is 5.88 Å². The third kappa shape index (κ3) is 2.59. The molecule has 0 saturated carbocycles. The molecule has 1 aromatic heterocycles. The Labute approximate surface area is 87.4 Å². The lowest BCUT2D eigenvalue weighted by Crippen LogP contribution is -2.31. The van der Waals surface area contributed by atoms with E-state index in [0.29, 0.717) is 13.1 Å². The average Bonchev–Trinajstić information content (AvgIpc) is 2.18. The van der Waals surface area contributed by atoms with Crippen LogP contribution in [0.2, 0.25) is 0 Å². The highest BCUT2D eigenvalue weighted by Crippen LogP contribution is 2.07. The molecule has 5 heteroatoms. The SMILES string of the molecule is CCN(CC)C(=O)c1cc(O)[nH]c(=O)c1. The summed E-state index contributed by atoms with van der Waals surface area (Å²) in [7, 11) is 0. The van der Waals surface area contributed by atoms with Crippen molar-refractivity contribution in [2.75, 3.05) is 13.1 Å². The predicted octanol–water partition coefficient (Wildman–Crippen LogP) is 0.562. The number of amides is 1. The highest BCUT2D eigenvalue weighted by molar-refractivity contribution is 5.94. The molecule has 1 heterocycles. The Bertz CT molecular complexity index is 407. The number of rotatable bonds is 3. The van der Waals surface area contributed by atoms with Crippen molar-refractivity contribution in [3.05, 3.63) is 28.0 Å². The van der Waals surface area contributed by atoms with Crippen LogP contribution in [0.5, 0.6) is 5.88 Å². The zero-order valence-electron chi connectivity index (χ0n) is 8.78. The number of carbonyl (C=O) groups excluding carboxylic acids is 1. The van der Waals surface area contributed by atoms with Crippen LogP contribution in [0, 0.1) is 0 Å². The van der Waals surface area contributed by atoms with Crippen LogP contribution >= 0.6 is 0 Å². The number of nitrogens with one attached hydrogen (secondary N) is 1. The number of pyridine rings is 1. The Hall–Kier alpha value is -1.78. The normalized spacial score (nSPS) is 10.0. The molecule has 1 amide bonds. The molecule has 0 saturated heterocycles. The van der Waals surface area contributed by atoms with E-state index in [1.54, 1.807) is 4.90 Å². The summed E-state index contributed by atoms with van der Waals surface area (Å²) < 4.78 is 0. The summed E-state index contributed by atoms with van der Waals surface area (Å²) in [5.74, 6) is -0.542. The number of aromatic hydroxyl groups is 1. The molecular formula is C10H14N2O3. The fraction of sp³-hybridized carbons (Fsp3) is 0.400. The molecule has 0 atom stereocenters. The number of H-pyrrole nitrogens is 1. The van der Waals surface area contributed by atoms with Crippen LogP contribution in [-0.4, -0.2) is 34.0 Å². The number of hydrogen-bond donors (Lipinski definition) is 2. The van der Waals surface area contributed by atoms with Crippen LogP contribution in [0.15, 0.2) is 16.9 Å². The number of hydrogen-bond acceptors (Lipinski definition) is 3. The summed E-state index contributed by atoms with van der Waals surface area (Å²) in [5, 5.41) is 9.14. The van der Waals surface area contributed by atoms with Crippen molar-refractivity contribution in [1.82, 2.24) is 9.88 Å². The maximum atomic E-state index is 11.8. The van der Waals surface area contributed by atoms with Crippen LogP contribution in [-0.2, 0) is 0 Å². The van der Waals surface area contributed by atoms with E-state index in [-0.39, 0.29) is 17.4 Å². The zero-order valence-corrected chi connectivity index (χ0v) is 8.78. The van der Waals surface area contributed by atoms with Crippen LogP contribution in [0.1, 0.15) is 24.2 Å². The van der Waals surface area contributed by atoms with E-state index in [1.807, 2.05) is 13.8 Å². The lowest BCUT2D eigenvalue weighted by Gasteiger charge is -2.18. The minimum Gasteiger partial charge on any atom is -0.494 e. The van der Waals surface area contributed by atoms with Crippen molar-refractivity contribution >= 4 is 5.91 Å². The first-order valence-corrected chi connectivity index (χ1v) is 4.81. The van der Waals surface area contributed by atoms with Gasteiger partial charge in [0.2, 0.25) is 0 Å². The second-order valence-electron chi connectivity index (χ2n) is 3.10. The molecule has 0 aliphatic heterocycles. The van der Waals surface area contributed by atoms with Gasteiger partial charge in [-0.15, -0.1) is 0 Å². The minimum atomic E-state index is -0.481. The van der Waals surface area contributed by atoms with Gasteiger partial charge in [-0.05, 0) is 13.8 Å². The van der Waals surface area contributed by atoms with Gasteiger partial charge in [0.1, 0.15) is 0 Å².